The summed E-state index contributed by atoms with van der Waals surface area (Å²) < 4.78 is 44.3. The Morgan fingerprint density at radius 2 is 1.61 bits per heavy atom. The number of amides is 2. The number of benzene rings is 2. The van der Waals surface area contributed by atoms with Crippen LogP contribution in [0.2, 0.25) is 0 Å². The minimum absolute atomic E-state index is 0.155. The smallest absolute Gasteiger partial charge is 0.379 e. The molecular formula is C24H29F3N4O2. The van der Waals surface area contributed by atoms with Crippen molar-refractivity contribution >= 4 is 11.7 Å². The topological polar surface area (TPSA) is 48.1 Å². The lowest BCUT2D eigenvalue weighted by Gasteiger charge is -2.36. The van der Waals surface area contributed by atoms with Gasteiger partial charge >= 0.3 is 12.2 Å². The van der Waals surface area contributed by atoms with Crippen LogP contribution in [-0.2, 0) is 24.0 Å². The van der Waals surface area contributed by atoms with Crippen molar-refractivity contribution in [1.82, 2.24) is 15.1 Å². The number of rotatable bonds is 5. The number of urea groups is 1. The third-order valence-corrected chi connectivity index (χ3v) is 6.05. The van der Waals surface area contributed by atoms with Gasteiger partial charge in [-0.1, -0.05) is 30.3 Å². The van der Waals surface area contributed by atoms with Crippen LogP contribution in [0.25, 0.3) is 0 Å². The molecule has 0 bridgehead atoms. The lowest BCUT2D eigenvalue weighted by Crippen LogP contribution is -2.51. The number of hydrogen-bond acceptors (Lipinski definition) is 4. The van der Waals surface area contributed by atoms with Gasteiger partial charge in [-0.25, -0.2) is 4.79 Å². The molecule has 1 N–H and O–H groups in total. The molecule has 0 aliphatic carbocycles. The molecule has 0 saturated carbocycles. The fourth-order valence-corrected chi connectivity index (χ4v) is 4.19. The summed E-state index contributed by atoms with van der Waals surface area (Å²) in [5.41, 5.74) is 2.12. The van der Waals surface area contributed by atoms with Crippen LogP contribution in [0.4, 0.5) is 23.7 Å². The van der Waals surface area contributed by atoms with Gasteiger partial charge in [-0.2, -0.15) is 13.2 Å². The number of ether oxygens (including phenoxy) is 1. The fourth-order valence-electron chi connectivity index (χ4n) is 4.19. The number of carbonyl (C=O) groups is 1. The summed E-state index contributed by atoms with van der Waals surface area (Å²) in [4.78, 5) is 18.6. The third-order valence-electron chi connectivity index (χ3n) is 6.05. The molecule has 33 heavy (non-hydrogen) atoms. The average molecular weight is 463 g/mol. The molecule has 6 nitrogen and oxygen atoms in total. The first-order valence-corrected chi connectivity index (χ1v) is 11.2. The molecule has 0 unspecified atom stereocenters. The van der Waals surface area contributed by atoms with E-state index in [1.54, 1.807) is 11.0 Å². The van der Waals surface area contributed by atoms with Gasteiger partial charge in [0.15, 0.2) is 0 Å². The highest BCUT2D eigenvalue weighted by atomic mass is 19.4. The second kappa shape index (κ2) is 10.4. The van der Waals surface area contributed by atoms with Crippen LogP contribution in [0.3, 0.4) is 0 Å². The number of morpholine rings is 1. The highest BCUT2D eigenvalue weighted by Crippen LogP contribution is 2.31. The molecule has 2 aromatic rings. The monoisotopic (exact) mass is 462 g/mol. The second-order valence-electron chi connectivity index (χ2n) is 8.39. The van der Waals surface area contributed by atoms with Gasteiger partial charge in [0.2, 0.25) is 0 Å². The maximum absolute atomic E-state index is 13.0. The van der Waals surface area contributed by atoms with Crippen molar-refractivity contribution in [3.05, 3.63) is 65.2 Å². The normalized spacial score (nSPS) is 17.8. The Labute approximate surface area is 191 Å². The summed E-state index contributed by atoms with van der Waals surface area (Å²) >= 11 is 0. The molecule has 0 aromatic heterocycles. The summed E-state index contributed by atoms with van der Waals surface area (Å²) in [6.45, 7) is 6.56. The highest BCUT2D eigenvalue weighted by molar-refractivity contribution is 5.74. The Bertz CT molecular complexity index is 939. The van der Waals surface area contributed by atoms with Gasteiger partial charge in [0.25, 0.3) is 0 Å². The molecule has 0 spiro atoms. The Kier molecular flexibility index (Phi) is 7.39. The van der Waals surface area contributed by atoms with Crippen molar-refractivity contribution in [2.75, 3.05) is 57.4 Å². The molecule has 2 aliphatic heterocycles. The second-order valence-corrected chi connectivity index (χ2v) is 8.39. The molecule has 2 aromatic carbocycles. The van der Waals surface area contributed by atoms with Gasteiger partial charge in [-0.05, 0) is 29.3 Å². The van der Waals surface area contributed by atoms with E-state index in [-0.39, 0.29) is 6.03 Å². The number of carbonyl (C=O) groups excluding carboxylic acids is 1. The zero-order chi connectivity index (χ0) is 23.3. The van der Waals surface area contributed by atoms with E-state index in [2.05, 4.69) is 22.3 Å². The molecule has 2 aliphatic rings. The zero-order valence-electron chi connectivity index (χ0n) is 18.5. The van der Waals surface area contributed by atoms with E-state index in [9.17, 15) is 18.0 Å². The van der Waals surface area contributed by atoms with Gasteiger partial charge in [-0.15, -0.1) is 0 Å². The van der Waals surface area contributed by atoms with Gasteiger partial charge in [0.1, 0.15) is 0 Å². The van der Waals surface area contributed by atoms with Crippen molar-refractivity contribution in [1.29, 1.82) is 0 Å². The predicted octanol–water partition coefficient (Wildman–Crippen LogP) is 3.57. The first-order chi connectivity index (χ1) is 15.9. The van der Waals surface area contributed by atoms with Crippen LogP contribution >= 0.6 is 0 Å². The molecule has 2 fully saturated rings. The maximum atomic E-state index is 13.0. The molecular weight excluding hydrogens is 433 g/mol. The molecule has 2 saturated heterocycles. The number of nitrogens with zero attached hydrogens (tertiary/aromatic N) is 3. The van der Waals surface area contributed by atoms with Gasteiger partial charge in [-0.3, -0.25) is 4.90 Å². The minimum Gasteiger partial charge on any atom is -0.379 e. The quantitative estimate of drug-likeness (QED) is 0.738. The number of hydrogen-bond donors (Lipinski definition) is 1. The van der Waals surface area contributed by atoms with Crippen LogP contribution in [-0.4, -0.2) is 68.3 Å². The van der Waals surface area contributed by atoms with E-state index in [1.807, 2.05) is 17.0 Å². The number of nitrogens with one attached hydrogen (secondary N) is 1. The lowest BCUT2D eigenvalue weighted by molar-refractivity contribution is -0.137. The van der Waals surface area contributed by atoms with Gasteiger partial charge in [0.05, 0.1) is 18.8 Å². The molecule has 9 heteroatoms. The number of piperazine rings is 1. The predicted molar refractivity (Wildman–Crippen MR) is 120 cm³/mol. The Morgan fingerprint density at radius 1 is 0.909 bits per heavy atom. The zero-order valence-corrected chi connectivity index (χ0v) is 18.5. The van der Waals surface area contributed by atoms with Crippen molar-refractivity contribution in [3.63, 3.8) is 0 Å². The van der Waals surface area contributed by atoms with E-state index in [0.29, 0.717) is 38.4 Å². The number of alkyl halides is 3. The fraction of sp³-hybridized carbons (Fsp3) is 0.458. The Hall–Kier alpha value is -2.78. The molecule has 0 atom stereocenters. The lowest BCUT2D eigenvalue weighted by atomic mass is 10.1. The van der Waals surface area contributed by atoms with Crippen LogP contribution in [0.5, 0.6) is 0 Å². The standard InChI is InChI=1S/C24H29F3N4O2/c25-24(26,27)21-5-2-6-22(16-21)30-7-9-31(10-8-30)23(32)28-17-19-3-1-4-20(15-19)18-29-11-13-33-14-12-29/h1-6,15-16H,7-14,17-18H2,(H,28,32). The molecule has 2 heterocycles. The molecule has 178 valence electrons. The number of halogens is 3. The average Bonchev–Trinajstić information content (AvgIpc) is 2.83. The Morgan fingerprint density at radius 3 is 2.33 bits per heavy atom. The van der Waals surface area contributed by atoms with Crippen molar-refractivity contribution < 1.29 is 22.7 Å². The summed E-state index contributed by atoms with van der Waals surface area (Å²) in [5.74, 6) is 0. The number of anilines is 1. The highest BCUT2D eigenvalue weighted by Gasteiger charge is 2.31. The minimum atomic E-state index is -4.36. The van der Waals surface area contributed by atoms with Crippen molar-refractivity contribution in [2.45, 2.75) is 19.3 Å². The van der Waals surface area contributed by atoms with Crippen LogP contribution < -0.4 is 10.2 Å². The first-order valence-electron chi connectivity index (χ1n) is 11.2. The largest absolute Gasteiger partial charge is 0.416 e. The van der Waals surface area contributed by atoms with E-state index in [0.717, 1.165) is 44.5 Å². The molecule has 4 rings (SSSR count). The van der Waals surface area contributed by atoms with Gasteiger partial charge in [0, 0.05) is 58.0 Å². The summed E-state index contributed by atoms with van der Waals surface area (Å²) in [5, 5.41) is 2.97. The van der Waals surface area contributed by atoms with Gasteiger partial charge < -0.3 is 19.9 Å². The van der Waals surface area contributed by atoms with E-state index >= 15 is 0 Å². The van der Waals surface area contributed by atoms with Crippen LogP contribution in [0, 0.1) is 0 Å². The van der Waals surface area contributed by atoms with Crippen LogP contribution in [0.15, 0.2) is 48.5 Å². The molecule has 2 amide bonds. The van der Waals surface area contributed by atoms with E-state index < -0.39 is 11.7 Å². The van der Waals surface area contributed by atoms with Crippen LogP contribution in [0.1, 0.15) is 16.7 Å². The van der Waals surface area contributed by atoms with E-state index in [4.69, 9.17) is 4.74 Å². The summed E-state index contributed by atoms with van der Waals surface area (Å²) in [7, 11) is 0. The SMILES string of the molecule is O=C(NCc1cccc(CN2CCOCC2)c1)N1CCN(c2cccc(C(F)(F)F)c2)CC1. The van der Waals surface area contributed by atoms with E-state index in [1.165, 1.54) is 17.7 Å². The summed E-state index contributed by atoms with van der Waals surface area (Å²) in [6.07, 6.45) is -4.36. The first kappa shape index (κ1) is 23.4. The third kappa shape index (κ3) is 6.39. The summed E-state index contributed by atoms with van der Waals surface area (Å²) in [6, 6.07) is 13.4. The van der Waals surface area contributed by atoms with Crippen molar-refractivity contribution in [3.8, 4) is 0 Å². The Balaban J connectivity index is 1.25. The van der Waals surface area contributed by atoms with Crippen molar-refractivity contribution in [2.24, 2.45) is 0 Å². The molecule has 0 radical (unpaired) electrons. The maximum Gasteiger partial charge on any atom is 0.416 e.